The smallest absolute Gasteiger partial charge is 0.408 e. The van der Waals surface area contributed by atoms with Crippen LogP contribution in [0, 0.1) is 0 Å². The van der Waals surface area contributed by atoms with Crippen LogP contribution in [0.5, 0.6) is 0 Å². The highest BCUT2D eigenvalue weighted by Crippen LogP contribution is 2.18. The Morgan fingerprint density at radius 2 is 1.78 bits per heavy atom. The summed E-state index contributed by atoms with van der Waals surface area (Å²) >= 11 is 0. The Bertz CT molecular complexity index is 404. The SMILES string of the molecule is CCC.COC(=O)C1CCCN1C(=O)CNC(=O)OC(C)(C)C. The monoisotopic (exact) mass is 330 g/mol. The summed E-state index contributed by atoms with van der Waals surface area (Å²) < 4.78 is 9.69. The molecule has 7 nitrogen and oxygen atoms in total. The second kappa shape index (κ2) is 10.1. The third-order valence-corrected chi connectivity index (χ3v) is 2.83. The lowest BCUT2D eigenvalue weighted by molar-refractivity contribution is -0.150. The third kappa shape index (κ3) is 8.42. The maximum atomic E-state index is 12.0. The molecule has 0 bridgehead atoms. The average Bonchev–Trinajstić information content (AvgIpc) is 2.92. The molecule has 1 saturated heterocycles. The molecule has 1 heterocycles. The molecule has 0 radical (unpaired) electrons. The van der Waals surface area contributed by atoms with Gasteiger partial charge in [-0.05, 0) is 33.6 Å². The minimum Gasteiger partial charge on any atom is -0.467 e. The molecular formula is C16H30N2O5. The van der Waals surface area contributed by atoms with Gasteiger partial charge in [-0.2, -0.15) is 0 Å². The maximum Gasteiger partial charge on any atom is 0.408 e. The van der Waals surface area contributed by atoms with Crippen LogP contribution in [-0.2, 0) is 19.1 Å². The molecule has 1 N–H and O–H groups in total. The van der Waals surface area contributed by atoms with Gasteiger partial charge in [-0.1, -0.05) is 20.3 Å². The molecule has 0 aliphatic carbocycles. The topological polar surface area (TPSA) is 84.9 Å². The maximum absolute atomic E-state index is 12.0. The largest absolute Gasteiger partial charge is 0.467 e. The van der Waals surface area contributed by atoms with Crippen molar-refractivity contribution < 1.29 is 23.9 Å². The predicted molar refractivity (Wildman–Crippen MR) is 87.0 cm³/mol. The Kier molecular flexibility index (Phi) is 9.29. The number of amides is 2. The number of esters is 1. The number of alkyl carbamates (subject to hydrolysis) is 1. The van der Waals surface area contributed by atoms with Crippen LogP contribution in [0.3, 0.4) is 0 Å². The minimum absolute atomic E-state index is 0.192. The average molecular weight is 330 g/mol. The van der Waals surface area contributed by atoms with Gasteiger partial charge in [0.15, 0.2) is 0 Å². The van der Waals surface area contributed by atoms with Crippen LogP contribution in [0.2, 0.25) is 0 Å². The number of nitrogens with one attached hydrogen (secondary N) is 1. The minimum atomic E-state index is -0.653. The first kappa shape index (κ1) is 21.2. The van der Waals surface area contributed by atoms with Gasteiger partial charge in [0, 0.05) is 6.54 Å². The second-order valence-electron chi connectivity index (χ2n) is 6.33. The second-order valence-corrected chi connectivity index (χ2v) is 6.33. The quantitative estimate of drug-likeness (QED) is 0.801. The van der Waals surface area contributed by atoms with E-state index in [4.69, 9.17) is 4.74 Å². The van der Waals surface area contributed by atoms with E-state index in [0.717, 1.165) is 6.42 Å². The standard InChI is InChI=1S/C13H22N2O5.C3H8/c1-13(2,3)20-12(18)14-8-10(16)15-7-5-6-9(15)11(17)19-4;1-3-2/h9H,5-8H2,1-4H3,(H,14,18);3H2,1-2H3. The van der Waals surface area contributed by atoms with Crippen LogP contribution < -0.4 is 5.32 Å². The molecule has 7 heteroatoms. The number of nitrogens with zero attached hydrogens (tertiary/aromatic N) is 1. The molecule has 0 saturated carbocycles. The highest BCUT2D eigenvalue weighted by atomic mass is 16.6. The highest BCUT2D eigenvalue weighted by molar-refractivity contribution is 5.87. The zero-order chi connectivity index (χ0) is 18.0. The third-order valence-electron chi connectivity index (χ3n) is 2.83. The fourth-order valence-corrected chi connectivity index (χ4v) is 2.01. The molecule has 1 aliphatic heterocycles. The number of carbonyl (C=O) groups excluding carboxylic acids is 3. The zero-order valence-electron chi connectivity index (χ0n) is 15.1. The summed E-state index contributed by atoms with van der Waals surface area (Å²) in [4.78, 5) is 36.4. The number of ether oxygens (including phenoxy) is 2. The first-order valence-electron chi connectivity index (χ1n) is 8.00. The summed E-state index contributed by atoms with van der Waals surface area (Å²) in [5, 5.41) is 2.39. The van der Waals surface area contributed by atoms with Crippen LogP contribution in [0.15, 0.2) is 0 Å². The molecule has 0 aromatic rings. The lowest BCUT2D eigenvalue weighted by Gasteiger charge is -2.23. The lowest BCUT2D eigenvalue weighted by atomic mass is 10.2. The zero-order valence-corrected chi connectivity index (χ0v) is 15.1. The summed E-state index contributed by atoms with van der Waals surface area (Å²) in [6, 6.07) is -0.548. The molecule has 1 aliphatic rings. The first-order chi connectivity index (χ1) is 10.7. The van der Waals surface area contributed by atoms with Gasteiger partial charge in [0.2, 0.25) is 5.91 Å². The Hall–Kier alpha value is -1.79. The van der Waals surface area contributed by atoms with Gasteiger partial charge in [-0.3, -0.25) is 4.79 Å². The van der Waals surface area contributed by atoms with Crippen LogP contribution in [-0.4, -0.2) is 54.7 Å². The number of hydrogen-bond acceptors (Lipinski definition) is 5. The number of likely N-dealkylation sites (tertiary alicyclic amines) is 1. The van der Waals surface area contributed by atoms with Crippen molar-refractivity contribution in [1.29, 1.82) is 0 Å². The lowest BCUT2D eigenvalue weighted by Crippen LogP contribution is -2.46. The van der Waals surface area contributed by atoms with Gasteiger partial charge < -0.3 is 19.7 Å². The van der Waals surface area contributed by atoms with E-state index in [0.29, 0.717) is 13.0 Å². The van der Waals surface area contributed by atoms with Crippen molar-refractivity contribution in [1.82, 2.24) is 10.2 Å². The van der Waals surface area contributed by atoms with Crippen LogP contribution in [0.25, 0.3) is 0 Å². The Morgan fingerprint density at radius 3 is 2.26 bits per heavy atom. The van der Waals surface area contributed by atoms with E-state index in [1.807, 2.05) is 0 Å². The van der Waals surface area contributed by atoms with E-state index in [2.05, 4.69) is 23.9 Å². The molecule has 0 spiro atoms. The van der Waals surface area contributed by atoms with Crippen molar-refractivity contribution in [2.24, 2.45) is 0 Å². The fourth-order valence-electron chi connectivity index (χ4n) is 2.01. The Labute approximate surface area is 138 Å². The Balaban J connectivity index is 0.00000149. The predicted octanol–water partition coefficient (Wildman–Crippen LogP) is 2.09. The van der Waals surface area contributed by atoms with Crippen LogP contribution >= 0.6 is 0 Å². The fraction of sp³-hybridized carbons (Fsp3) is 0.812. The van der Waals surface area contributed by atoms with Gasteiger partial charge in [-0.25, -0.2) is 9.59 Å². The molecule has 1 unspecified atom stereocenters. The number of hydrogen-bond donors (Lipinski definition) is 1. The van der Waals surface area contributed by atoms with E-state index < -0.39 is 23.7 Å². The summed E-state index contributed by atoms with van der Waals surface area (Å²) in [6.07, 6.45) is 1.93. The number of carbonyl (C=O) groups is 3. The molecule has 1 fully saturated rings. The first-order valence-corrected chi connectivity index (χ1v) is 8.00. The number of methoxy groups -OCH3 is 1. The van der Waals surface area contributed by atoms with Crippen molar-refractivity contribution in [2.45, 2.75) is 65.5 Å². The van der Waals surface area contributed by atoms with Crippen molar-refractivity contribution in [3.8, 4) is 0 Å². The number of rotatable bonds is 3. The normalized spacial score (nSPS) is 17.0. The van der Waals surface area contributed by atoms with Crippen molar-refractivity contribution in [3.63, 3.8) is 0 Å². The van der Waals surface area contributed by atoms with Gasteiger partial charge in [-0.15, -0.1) is 0 Å². The van der Waals surface area contributed by atoms with Crippen LogP contribution in [0.1, 0.15) is 53.9 Å². The summed E-state index contributed by atoms with van der Waals surface area (Å²) in [6.45, 7) is 9.77. The van der Waals surface area contributed by atoms with Crippen molar-refractivity contribution in [3.05, 3.63) is 0 Å². The van der Waals surface area contributed by atoms with E-state index in [1.165, 1.54) is 18.4 Å². The summed E-state index contributed by atoms with van der Waals surface area (Å²) in [7, 11) is 1.29. The van der Waals surface area contributed by atoms with Gasteiger partial charge in [0.25, 0.3) is 0 Å². The molecule has 1 rings (SSSR count). The van der Waals surface area contributed by atoms with Gasteiger partial charge >= 0.3 is 12.1 Å². The molecule has 134 valence electrons. The van der Waals surface area contributed by atoms with Crippen molar-refractivity contribution in [2.75, 3.05) is 20.2 Å². The van der Waals surface area contributed by atoms with E-state index in [-0.39, 0.29) is 12.5 Å². The van der Waals surface area contributed by atoms with Crippen molar-refractivity contribution >= 4 is 18.0 Å². The van der Waals surface area contributed by atoms with E-state index in [1.54, 1.807) is 20.8 Å². The molecule has 0 aromatic carbocycles. The summed E-state index contributed by atoms with van der Waals surface area (Å²) in [5.41, 5.74) is -0.616. The molecule has 1 atom stereocenters. The Morgan fingerprint density at radius 1 is 1.22 bits per heavy atom. The molecular weight excluding hydrogens is 300 g/mol. The van der Waals surface area contributed by atoms with Gasteiger partial charge in [0.1, 0.15) is 18.2 Å². The summed E-state index contributed by atoms with van der Waals surface area (Å²) in [5.74, 6) is -0.739. The molecule has 0 aromatic heterocycles. The molecule has 23 heavy (non-hydrogen) atoms. The van der Waals surface area contributed by atoms with E-state index in [9.17, 15) is 14.4 Å². The van der Waals surface area contributed by atoms with Gasteiger partial charge in [0.05, 0.1) is 7.11 Å². The van der Waals surface area contributed by atoms with E-state index >= 15 is 0 Å². The van der Waals surface area contributed by atoms with Crippen LogP contribution in [0.4, 0.5) is 4.79 Å². The highest BCUT2D eigenvalue weighted by Gasteiger charge is 2.34. The molecule has 2 amide bonds.